The van der Waals surface area contributed by atoms with Crippen molar-refractivity contribution in [2.75, 3.05) is 27.9 Å². The summed E-state index contributed by atoms with van der Waals surface area (Å²) in [6.45, 7) is 3.47. The van der Waals surface area contributed by atoms with Crippen molar-refractivity contribution in [1.29, 1.82) is 5.26 Å². The molecule has 0 aliphatic carbocycles. The normalized spacial score (nSPS) is 10.4. The topological polar surface area (TPSA) is 77.8 Å². The highest BCUT2D eigenvalue weighted by Crippen LogP contribution is 2.40. The van der Waals surface area contributed by atoms with Gasteiger partial charge < -0.3 is 18.9 Å². The average molecular weight is 303 g/mol. The lowest BCUT2D eigenvalue weighted by atomic mass is 10.1. The number of rotatable bonds is 7. The molecule has 0 atom stereocenters. The molecule has 6 heteroatoms. The van der Waals surface area contributed by atoms with Gasteiger partial charge in [-0.25, -0.2) is 4.79 Å². The quantitative estimate of drug-likeness (QED) is 0.333. The van der Waals surface area contributed by atoms with Gasteiger partial charge in [-0.15, -0.1) is 0 Å². The Labute approximate surface area is 129 Å². The summed E-state index contributed by atoms with van der Waals surface area (Å²) in [5.41, 5.74) is 0.333. The van der Waals surface area contributed by atoms with E-state index >= 15 is 0 Å². The van der Waals surface area contributed by atoms with Crippen molar-refractivity contribution < 1.29 is 23.7 Å². The summed E-state index contributed by atoms with van der Waals surface area (Å²) in [7, 11) is 4.42. The Kier molecular flexibility index (Phi) is 6.51. The molecule has 0 N–H and O–H groups in total. The van der Waals surface area contributed by atoms with Crippen LogP contribution in [0.1, 0.15) is 5.56 Å². The molecule has 116 valence electrons. The smallest absolute Gasteiger partial charge is 0.349 e. The summed E-state index contributed by atoms with van der Waals surface area (Å²) in [4.78, 5) is 11.8. The zero-order valence-electron chi connectivity index (χ0n) is 12.7. The van der Waals surface area contributed by atoms with Gasteiger partial charge in [0.25, 0.3) is 0 Å². The molecule has 0 saturated heterocycles. The Morgan fingerprint density at radius 1 is 1.23 bits per heavy atom. The van der Waals surface area contributed by atoms with E-state index in [0.29, 0.717) is 22.8 Å². The lowest BCUT2D eigenvalue weighted by molar-refractivity contribution is -0.137. The van der Waals surface area contributed by atoms with Crippen LogP contribution < -0.4 is 14.2 Å². The van der Waals surface area contributed by atoms with E-state index in [2.05, 4.69) is 6.58 Å². The molecule has 0 unspecified atom stereocenters. The maximum absolute atomic E-state index is 11.8. The Morgan fingerprint density at radius 2 is 1.91 bits per heavy atom. The van der Waals surface area contributed by atoms with Gasteiger partial charge >= 0.3 is 5.97 Å². The number of carbonyl (C=O) groups is 1. The number of benzene rings is 1. The first-order valence-electron chi connectivity index (χ1n) is 6.31. The second-order valence-corrected chi connectivity index (χ2v) is 3.98. The Balaban J connectivity index is 3.30. The zero-order chi connectivity index (χ0) is 16.5. The molecule has 0 aliphatic rings. The monoisotopic (exact) mass is 303 g/mol. The second-order valence-electron chi connectivity index (χ2n) is 3.98. The molecule has 22 heavy (non-hydrogen) atoms. The van der Waals surface area contributed by atoms with Gasteiger partial charge in [0.15, 0.2) is 11.5 Å². The Hall–Kier alpha value is -2.94. The molecule has 0 bridgehead atoms. The lowest BCUT2D eigenvalue weighted by Gasteiger charge is -2.14. The van der Waals surface area contributed by atoms with Crippen molar-refractivity contribution in [3.05, 3.63) is 35.9 Å². The number of nitriles is 1. The fraction of sp³-hybridized carbons (Fsp3) is 0.250. The lowest BCUT2D eigenvalue weighted by Crippen LogP contribution is -2.06. The summed E-state index contributed by atoms with van der Waals surface area (Å²) >= 11 is 0. The van der Waals surface area contributed by atoms with Crippen molar-refractivity contribution in [3.63, 3.8) is 0 Å². The highest BCUT2D eigenvalue weighted by molar-refractivity contribution is 5.98. The molecule has 0 saturated carbocycles. The van der Waals surface area contributed by atoms with Crippen molar-refractivity contribution in [2.45, 2.75) is 0 Å². The number of nitrogens with zero attached hydrogens (tertiary/aromatic N) is 1. The third kappa shape index (κ3) is 3.79. The fourth-order valence-electron chi connectivity index (χ4n) is 1.74. The standard InChI is InChI=1S/C16H17NO5/c1-5-8-22-16(18)12(10-17)9-11-6-7-13(19-2)15(21-4)14(11)20-3/h5-7,9H,1,8H2,2-4H3/b12-9+. The Bertz CT molecular complexity index is 628. The van der Waals surface area contributed by atoms with Crippen LogP contribution >= 0.6 is 0 Å². The summed E-state index contributed by atoms with van der Waals surface area (Å²) in [6, 6.07) is 5.10. The van der Waals surface area contributed by atoms with E-state index in [9.17, 15) is 4.79 Å². The average Bonchev–Trinajstić information content (AvgIpc) is 2.56. The van der Waals surface area contributed by atoms with Crippen LogP contribution in [0.3, 0.4) is 0 Å². The van der Waals surface area contributed by atoms with Gasteiger partial charge in [-0.2, -0.15) is 5.26 Å². The summed E-state index contributed by atoms with van der Waals surface area (Å²) < 4.78 is 20.6. The third-order valence-corrected chi connectivity index (χ3v) is 2.71. The van der Waals surface area contributed by atoms with Crippen LogP contribution in [0.2, 0.25) is 0 Å². The van der Waals surface area contributed by atoms with Crippen LogP contribution in [-0.2, 0) is 9.53 Å². The van der Waals surface area contributed by atoms with Crippen LogP contribution in [0.5, 0.6) is 17.2 Å². The number of hydrogen-bond acceptors (Lipinski definition) is 6. The number of carbonyl (C=O) groups excluding carboxylic acids is 1. The van der Waals surface area contributed by atoms with Crippen molar-refractivity contribution in [1.82, 2.24) is 0 Å². The van der Waals surface area contributed by atoms with Gasteiger partial charge in [0, 0.05) is 5.56 Å². The van der Waals surface area contributed by atoms with E-state index in [-0.39, 0.29) is 12.2 Å². The van der Waals surface area contributed by atoms with Gasteiger partial charge in [0.05, 0.1) is 21.3 Å². The molecule has 0 radical (unpaired) electrons. The van der Waals surface area contributed by atoms with Crippen molar-refractivity contribution in [3.8, 4) is 23.3 Å². The molecule has 0 heterocycles. The van der Waals surface area contributed by atoms with E-state index < -0.39 is 5.97 Å². The predicted octanol–water partition coefficient (Wildman–Crippen LogP) is 2.35. The first-order valence-corrected chi connectivity index (χ1v) is 6.31. The van der Waals surface area contributed by atoms with Gasteiger partial charge in [-0.3, -0.25) is 0 Å². The zero-order valence-corrected chi connectivity index (χ0v) is 12.7. The molecule has 0 fully saturated rings. The van der Waals surface area contributed by atoms with E-state index in [1.165, 1.54) is 33.5 Å². The van der Waals surface area contributed by atoms with Crippen molar-refractivity contribution in [2.24, 2.45) is 0 Å². The predicted molar refractivity (Wildman–Crippen MR) is 80.8 cm³/mol. The first kappa shape index (κ1) is 17.1. The van der Waals surface area contributed by atoms with Crippen LogP contribution in [0.25, 0.3) is 6.08 Å². The summed E-state index contributed by atoms with van der Waals surface area (Å²) in [6.07, 6.45) is 2.79. The van der Waals surface area contributed by atoms with Gasteiger partial charge in [-0.1, -0.05) is 12.7 Å². The minimum atomic E-state index is -0.737. The van der Waals surface area contributed by atoms with Gasteiger partial charge in [0.2, 0.25) is 5.75 Å². The molecule has 0 amide bonds. The van der Waals surface area contributed by atoms with E-state index in [4.69, 9.17) is 24.2 Å². The molecule has 0 aliphatic heterocycles. The molecule has 0 aromatic heterocycles. The molecule has 1 aromatic rings. The fourth-order valence-corrected chi connectivity index (χ4v) is 1.74. The number of methoxy groups -OCH3 is 3. The van der Waals surface area contributed by atoms with Crippen molar-refractivity contribution >= 4 is 12.0 Å². The highest BCUT2D eigenvalue weighted by Gasteiger charge is 2.17. The van der Waals surface area contributed by atoms with Crippen LogP contribution in [0.4, 0.5) is 0 Å². The van der Waals surface area contributed by atoms with E-state index in [1.807, 2.05) is 0 Å². The minimum Gasteiger partial charge on any atom is -0.493 e. The van der Waals surface area contributed by atoms with Crippen LogP contribution in [0, 0.1) is 11.3 Å². The number of ether oxygens (including phenoxy) is 4. The Morgan fingerprint density at radius 3 is 2.41 bits per heavy atom. The maximum Gasteiger partial charge on any atom is 0.349 e. The summed E-state index contributed by atoms with van der Waals surface area (Å²) in [5, 5.41) is 9.11. The highest BCUT2D eigenvalue weighted by atomic mass is 16.5. The molecule has 1 aromatic carbocycles. The molecular formula is C16H17NO5. The van der Waals surface area contributed by atoms with E-state index in [1.54, 1.807) is 18.2 Å². The molecular weight excluding hydrogens is 286 g/mol. The molecule has 6 nitrogen and oxygen atoms in total. The number of esters is 1. The largest absolute Gasteiger partial charge is 0.493 e. The minimum absolute atomic E-state index is 0.0287. The van der Waals surface area contributed by atoms with Crippen LogP contribution in [0.15, 0.2) is 30.4 Å². The summed E-state index contributed by atoms with van der Waals surface area (Å²) in [5.74, 6) is 0.463. The third-order valence-electron chi connectivity index (χ3n) is 2.71. The number of hydrogen-bond donors (Lipinski definition) is 0. The molecule has 1 rings (SSSR count). The van der Waals surface area contributed by atoms with Gasteiger partial charge in [0.1, 0.15) is 18.2 Å². The molecule has 0 spiro atoms. The first-order chi connectivity index (χ1) is 10.6. The second kappa shape index (κ2) is 8.37. The SMILES string of the molecule is C=CCOC(=O)/C(C#N)=C/c1ccc(OC)c(OC)c1OC. The van der Waals surface area contributed by atoms with Gasteiger partial charge in [-0.05, 0) is 18.2 Å². The maximum atomic E-state index is 11.8. The van der Waals surface area contributed by atoms with E-state index in [0.717, 1.165) is 0 Å². The van der Waals surface area contributed by atoms with Crippen LogP contribution in [-0.4, -0.2) is 33.9 Å².